The second-order valence-electron chi connectivity index (χ2n) is 2.92. The highest BCUT2D eigenvalue weighted by molar-refractivity contribution is 5.97. The van der Waals surface area contributed by atoms with Gasteiger partial charge in [-0.25, -0.2) is 0 Å². The van der Waals surface area contributed by atoms with Crippen LogP contribution in [0.25, 0.3) is 0 Å². The number of rotatable bonds is 4. The molecule has 0 aliphatic heterocycles. The van der Waals surface area contributed by atoms with Crippen molar-refractivity contribution in [2.24, 2.45) is 10.7 Å². The molecule has 0 spiro atoms. The third-order valence-corrected chi connectivity index (χ3v) is 1.65. The Hall–Kier alpha value is -1.03. The molecule has 4 nitrogen and oxygen atoms in total. The number of ether oxygens (including phenoxy) is 1. The minimum atomic E-state index is 0.235. The molecule has 1 atom stereocenters. The van der Waals surface area contributed by atoms with Crippen LogP contribution in [0.3, 0.4) is 0 Å². The molecule has 0 aromatic heterocycles. The van der Waals surface area contributed by atoms with Gasteiger partial charge in [0.2, 0.25) is 0 Å². The Balaban J connectivity index is 4.15. The lowest BCUT2D eigenvalue weighted by molar-refractivity contribution is 0.179. The fourth-order valence-corrected chi connectivity index (χ4v) is 0.959. The lowest BCUT2D eigenvalue weighted by atomic mass is 10.2. The van der Waals surface area contributed by atoms with Crippen LogP contribution in [0.2, 0.25) is 0 Å². The molecule has 13 heavy (non-hydrogen) atoms. The van der Waals surface area contributed by atoms with Crippen LogP contribution in [0.5, 0.6) is 0 Å². The summed E-state index contributed by atoms with van der Waals surface area (Å²) in [5.74, 6) is 0.812. The molecule has 3 N–H and O–H groups in total. The lowest BCUT2D eigenvalue weighted by Crippen LogP contribution is -2.36. The van der Waals surface area contributed by atoms with E-state index in [1.54, 1.807) is 14.2 Å². The first-order valence-electron chi connectivity index (χ1n) is 4.26. The van der Waals surface area contributed by atoms with Crippen molar-refractivity contribution in [1.82, 2.24) is 5.32 Å². The average Bonchev–Trinajstić information content (AvgIpc) is 2.13. The predicted octanol–water partition coefficient (Wildman–Crippen LogP) is 0.502. The first kappa shape index (κ1) is 12.0. The summed E-state index contributed by atoms with van der Waals surface area (Å²) < 4.78 is 4.99. The molecule has 0 heterocycles. The van der Waals surface area contributed by atoms with Gasteiger partial charge in [0, 0.05) is 32.0 Å². The van der Waals surface area contributed by atoms with Crippen LogP contribution in [-0.4, -0.2) is 32.6 Å². The van der Waals surface area contributed by atoms with Crippen LogP contribution in [0.1, 0.15) is 13.8 Å². The van der Waals surface area contributed by atoms with Gasteiger partial charge >= 0.3 is 0 Å². The first-order chi connectivity index (χ1) is 6.15. The van der Waals surface area contributed by atoms with Gasteiger partial charge in [-0.2, -0.15) is 0 Å². The Bertz CT molecular complexity index is 199. The van der Waals surface area contributed by atoms with Crippen LogP contribution in [0.4, 0.5) is 0 Å². The van der Waals surface area contributed by atoms with Crippen molar-refractivity contribution in [3.05, 3.63) is 11.8 Å². The summed E-state index contributed by atoms with van der Waals surface area (Å²) in [5, 5.41) is 3.19. The summed E-state index contributed by atoms with van der Waals surface area (Å²) in [6.45, 7) is 4.59. The number of methoxy groups -OCH3 is 1. The molecule has 0 aromatic carbocycles. The van der Waals surface area contributed by atoms with Crippen molar-refractivity contribution < 1.29 is 4.74 Å². The average molecular weight is 185 g/mol. The van der Waals surface area contributed by atoms with E-state index in [0.29, 0.717) is 6.61 Å². The van der Waals surface area contributed by atoms with E-state index < -0.39 is 0 Å². The van der Waals surface area contributed by atoms with Gasteiger partial charge in [-0.1, -0.05) is 0 Å². The second-order valence-corrected chi connectivity index (χ2v) is 2.92. The number of aliphatic imine (C=N–C) groups is 1. The molecule has 0 aliphatic carbocycles. The summed E-state index contributed by atoms with van der Waals surface area (Å²) in [5.41, 5.74) is 6.32. The predicted molar refractivity (Wildman–Crippen MR) is 55.8 cm³/mol. The zero-order valence-electron chi connectivity index (χ0n) is 8.79. The molecule has 0 bridgehead atoms. The minimum absolute atomic E-state index is 0.235. The van der Waals surface area contributed by atoms with E-state index in [1.807, 2.05) is 13.8 Å². The van der Waals surface area contributed by atoms with Crippen molar-refractivity contribution in [2.75, 3.05) is 20.8 Å². The van der Waals surface area contributed by atoms with E-state index in [2.05, 4.69) is 10.3 Å². The van der Waals surface area contributed by atoms with Crippen LogP contribution < -0.4 is 11.1 Å². The molecular formula is C9H19N3O. The highest BCUT2D eigenvalue weighted by Gasteiger charge is 2.05. The number of nitrogens with two attached hydrogens (primary N) is 1. The third-order valence-electron chi connectivity index (χ3n) is 1.65. The number of nitrogens with zero attached hydrogens (tertiary/aromatic N) is 1. The smallest absolute Gasteiger partial charge is 0.125 e. The summed E-state index contributed by atoms with van der Waals surface area (Å²) >= 11 is 0. The summed E-state index contributed by atoms with van der Waals surface area (Å²) in [7, 11) is 3.40. The molecule has 0 amide bonds. The molecule has 76 valence electrons. The molecule has 0 unspecified atom stereocenters. The Morgan fingerprint density at radius 2 is 2.31 bits per heavy atom. The molecule has 0 aromatic rings. The number of hydrogen-bond acceptors (Lipinski definition) is 3. The molecule has 0 saturated heterocycles. The minimum Gasteiger partial charge on any atom is -0.404 e. The molecule has 4 heteroatoms. The summed E-state index contributed by atoms with van der Waals surface area (Å²) in [4.78, 5) is 4.08. The SMILES string of the molecule is CN=C(N[C@H](C)COC)/C(C)=C\N. The lowest BCUT2D eigenvalue weighted by Gasteiger charge is -2.15. The summed E-state index contributed by atoms with van der Waals surface area (Å²) in [6, 6.07) is 0.235. The normalized spacial score (nSPS) is 15.7. The standard InChI is InChI=1S/C9H19N3O/c1-7(5-10)9(11-3)12-8(2)6-13-4/h5,8H,6,10H2,1-4H3,(H,11,12)/b7-5-/t8-/m1/s1. The fourth-order valence-electron chi connectivity index (χ4n) is 0.959. The van der Waals surface area contributed by atoms with Gasteiger partial charge in [0.1, 0.15) is 5.84 Å². The largest absolute Gasteiger partial charge is 0.404 e. The quantitative estimate of drug-likeness (QED) is 0.495. The highest BCUT2D eigenvalue weighted by atomic mass is 16.5. The van der Waals surface area contributed by atoms with Gasteiger partial charge in [-0.3, -0.25) is 4.99 Å². The van der Waals surface area contributed by atoms with Crippen molar-refractivity contribution in [1.29, 1.82) is 0 Å². The van der Waals surface area contributed by atoms with Crippen molar-refractivity contribution in [3.8, 4) is 0 Å². The van der Waals surface area contributed by atoms with Crippen molar-refractivity contribution in [3.63, 3.8) is 0 Å². The van der Waals surface area contributed by atoms with Gasteiger partial charge in [0.05, 0.1) is 6.61 Å². The van der Waals surface area contributed by atoms with Gasteiger partial charge in [-0.15, -0.1) is 0 Å². The first-order valence-corrected chi connectivity index (χ1v) is 4.26. The van der Waals surface area contributed by atoms with Crippen molar-refractivity contribution >= 4 is 5.84 Å². The summed E-state index contributed by atoms with van der Waals surface area (Å²) in [6.07, 6.45) is 1.54. The van der Waals surface area contributed by atoms with Crippen LogP contribution >= 0.6 is 0 Å². The van der Waals surface area contributed by atoms with Gasteiger partial charge in [0.15, 0.2) is 0 Å². The maximum atomic E-state index is 5.38. The van der Waals surface area contributed by atoms with Crippen LogP contribution in [-0.2, 0) is 4.74 Å². The second kappa shape index (κ2) is 6.48. The Morgan fingerprint density at radius 1 is 1.69 bits per heavy atom. The van der Waals surface area contributed by atoms with E-state index in [9.17, 15) is 0 Å². The molecule has 0 saturated carbocycles. The van der Waals surface area contributed by atoms with E-state index in [-0.39, 0.29) is 6.04 Å². The van der Waals surface area contributed by atoms with Crippen LogP contribution in [0.15, 0.2) is 16.8 Å². The van der Waals surface area contributed by atoms with Gasteiger partial charge < -0.3 is 15.8 Å². The maximum Gasteiger partial charge on any atom is 0.125 e. The molecular weight excluding hydrogens is 166 g/mol. The number of hydrogen-bond donors (Lipinski definition) is 2. The van der Waals surface area contributed by atoms with E-state index in [0.717, 1.165) is 11.4 Å². The number of nitrogens with one attached hydrogen (secondary N) is 1. The topological polar surface area (TPSA) is 59.6 Å². The van der Waals surface area contributed by atoms with Crippen molar-refractivity contribution in [2.45, 2.75) is 19.9 Å². The molecule has 0 radical (unpaired) electrons. The molecule has 0 aliphatic rings. The highest BCUT2D eigenvalue weighted by Crippen LogP contribution is 1.94. The van der Waals surface area contributed by atoms with Gasteiger partial charge in [-0.05, 0) is 13.8 Å². The maximum absolute atomic E-state index is 5.38. The zero-order valence-corrected chi connectivity index (χ0v) is 8.79. The van der Waals surface area contributed by atoms with E-state index in [1.165, 1.54) is 6.20 Å². The van der Waals surface area contributed by atoms with E-state index >= 15 is 0 Å². The fraction of sp³-hybridized carbons (Fsp3) is 0.667. The Labute approximate surface area is 79.9 Å². The van der Waals surface area contributed by atoms with Crippen LogP contribution in [0, 0.1) is 0 Å². The van der Waals surface area contributed by atoms with E-state index in [4.69, 9.17) is 10.5 Å². The third kappa shape index (κ3) is 4.52. The molecule has 0 fully saturated rings. The Kier molecular flexibility index (Phi) is 5.97. The zero-order chi connectivity index (χ0) is 10.3. The monoisotopic (exact) mass is 185 g/mol. The van der Waals surface area contributed by atoms with Gasteiger partial charge in [0.25, 0.3) is 0 Å². The number of amidine groups is 1. The Morgan fingerprint density at radius 3 is 2.69 bits per heavy atom. The molecule has 0 rings (SSSR count).